The summed E-state index contributed by atoms with van der Waals surface area (Å²) in [6, 6.07) is 0. The molecule has 10 nitrogen and oxygen atoms in total. The highest BCUT2D eigenvalue weighted by molar-refractivity contribution is 7.47. The average molecular weight is 895 g/mol. The molecule has 0 aromatic rings. The van der Waals surface area contributed by atoms with Gasteiger partial charge in [-0.15, -0.1) is 0 Å². The number of aliphatic hydroxyl groups excluding tert-OH is 1. The Morgan fingerprint density at radius 3 is 1.46 bits per heavy atom. The van der Waals surface area contributed by atoms with Gasteiger partial charge in [-0.1, -0.05) is 160 Å². The van der Waals surface area contributed by atoms with E-state index in [2.05, 4.69) is 111 Å². The Morgan fingerprint density at radius 2 is 0.984 bits per heavy atom. The first kappa shape index (κ1) is 58.9. The highest BCUT2D eigenvalue weighted by Crippen LogP contribution is 2.43. The Bertz CT molecular complexity index is 1590. The lowest BCUT2D eigenvalue weighted by molar-refractivity contribution is -0.870. The molecule has 11 heteroatoms. The number of hydrogen-bond donors (Lipinski definition) is 2. The van der Waals surface area contributed by atoms with E-state index in [1.807, 2.05) is 51.5 Å². The van der Waals surface area contributed by atoms with Crippen molar-refractivity contribution in [3.05, 3.63) is 146 Å². The van der Waals surface area contributed by atoms with E-state index in [9.17, 15) is 24.2 Å². The number of carbonyl (C=O) groups is 2. The number of likely N-dealkylation sites (N-methyl/N-ethyl adjacent to an activating group) is 1. The van der Waals surface area contributed by atoms with Crippen molar-refractivity contribution in [1.82, 2.24) is 0 Å². The van der Waals surface area contributed by atoms with Crippen LogP contribution in [0, 0.1) is 0 Å². The minimum atomic E-state index is -4.45. The Kier molecular flexibility index (Phi) is 39.1. The summed E-state index contributed by atoms with van der Waals surface area (Å²) in [6.07, 6.45) is 58.1. The molecule has 0 amide bonds. The Morgan fingerprint density at radius 1 is 0.556 bits per heavy atom. The van der Waals surface area contributed by atoms with Crippen LogP contribution in [0.1, 0.15) is 110 Å². The molecule has 2 unspecified atom stereocenters. The van der Waals surface area contributed by atoms with Crippen LogP contribution in [-0.4, -0.2) is 86.1 Å². The molecule has 0 heterocycles. The number of ether oxygens (including phenoxy) is 2. The van der Waals surface area contributed by atoms with Crippen molar-refractivity contribution in [2.75, 3.05) is 47.5 Å². The molecule has 63 heavy (non-hydrogen) atoms. The molecule has 352 valence electrons. The third kappa shape index (κ3) is 45.7. The van der Waals surface area contributed by atoms with E-state index in [1.54, 1.807) is 18.2 Å². The number of quaternary nitrogens is 1. The van der Waals surface area contributed by atoms with Gasteiger partial charge in [-0.25, -0.2) is 4.57 Å². The van der Waals surface area contributed by atoms with E-state index in [1.165, 1.54) is 0 Å². The molecular formula is C52H81NO9P+. The second kappa shape index (κ2) is 41.8. The van der Waals surface area contributed by atoms with Gasteiger partial charge in [0, 0.05) is 12.8 Å². The number of aliphatic hydroxyl groups is 1. The third-order valence-corrected chi connectivity index (χ3v) is 9.46. The smallest absolute Gasteiger partial charge is 0.462 e. The van der Waals surface area contributed by atoms with E-state index >= 15 is 0 Å². The third-order valence-electron chi connectivity index (χ3n) is 8.47. The van der Waals surface area contributed by atoms with Crippen molar-refractivity contribution in [1.29, 1.82) is 0 Å². The van der Waals surface area contributed by atoms with Crippen molar-refractivity contribution in [2.45, 2.75) is 122 Å². The van der Waals surface area contributed by atoms with Crippen molar-refractivity contribution < 1.29 is 47.2 Å². The second-order valence-corrected chi connectivity index (χ2v) is 17.0. The molecule has 0 rings (SSSR count). The first-order valence-corrected chi connectivity index (χ1v) is 24.2. The van der Waals surface area contributed by atoms with Crippen LogP contribution in [0.2, 0.25) is 0 Å². The van der Waals surface area contributed by atoms with Gasteiger partial charge < -0.3 is 24.0 Å². The molecule has 0 spiro atoms. The lowest BCUT2D eigenvalue weighted by Crippen LogP contribution is -2.37. The highest BCUT2D eigenvalue weighted by Gasteiger charge is 2.27. The number of phosphoric ester groups is 1. The predicted molar refractivity (Wildman–Crippen MR) is 262 cm³/mol. The summed E-state index contributed by atoms with van der Waals surface area (Å²) in [4.78, 5) is 35.4. The summed E-state index contributed by atoms with van der Waals surface area (Å²) in [5.74, 6) is -1.10. The zero-order valence-electron chi connectivity index (χ0n) is 39.1. The standard InChI is InChI=1S/C52H80NO9P/c1-6-8-10-12-14-16-18-20-21-22-23-24-25-27-29-31-33-35-39-44-52(56)62-50(48-61-63(57,58)60-46-45-53(3,4)5)47-59-51(55)43-40-36-38-42-49(54)41-37-34-32-30-28-26-19-17-15-13-11-9-7-2/h8-11,14-17,20-21,23-24,26-29,32-38,41,49-50,54H,6-7,12-13,18-19,22,25,30-31,39-40,42-48H2,1-5H3/p+1/b10-8-,11-9-,16-14-,17-15-,21-20-,24-23-,28-26-,29-27-,34-32-,35-33-,38-36-,41-37-/t49?,50-/m1/s1. The summed E-state index contributed by atoms with van der Waals surface area (Å²) in [5, 5.41) is 10.2. The molecule has 0 saturated heterocycles. The minimum Gasteiger partial charge on any atom is -0.462 e. The zero-order valence-corrected chi connectivity index (χ0v) is 40.0. The zero-order chi connectivity index (χ0) is 46.5. The lowest BCUT2D eigenvalue weighted by Gasteiger charge is -2.24. The SMILES string of the molecule is CC/C=C\C/C=C\C/C=C\C/C=C\C=C/C(O)C/C=C\CCC(=O)OC[C@H](COP(=O)(O)OCC[N+](C)(C)C)OC(=O)CC/C=C\C/C=C\C/C=C\C/C=C\C/C=C\C/C=C\CC. The maximum absolute atomic E-state index is 12.7. The molecule has 0 radical (unpaired) electrons. The van der Waals surface area contributed by atoms with Crippen molar-refractivity contribution >= 4 is 19.8 Å². The molecule has 0 aliphatic heterocycles. The van der Waals surface area contributed by atoms with Crippen LogP contribution in [0.25, 0.3) is 0 Å². The van der Waals surface area contributed by atoms with Gasteiger partial charge in [-0.3, -0.25) is 18.6 Å². The van der Waals surface area contributed by atoms with E-state index in [0.717, 1.165) is 64.2 Å². The van der Waals surface area contributed by atoms with Gasteiger partial charge in [0.25, 0.3) is 0 Å². The molecule has 0 aliphatic carbocycles. The fourth-order valence-electron chi connectivity index (χ4n) is 4.97. The van der Waals surface area contributed by atoms with Gasteiger partial charge in [-0.05, 0) is 83.5 Å². The van der Waals surface area contributed by atoms with Crippen LogP contribution >= 0.6 is 7.82 Å². The summed E-state index contributed by atoms with van der Waals surface area (Å²) in [6.45, 7) is 3.86. The molecule has 0 bridgehead atoms. The first-order valence-electron chi connectivity index (χ1n) is 22.7. The maximum atomic E-state index is 12.7. The molecular weight excluding hydrogens is 814 g/mol. The Hall–Kier alpha value is -4.15. The number of rotatable bonds is 38. The quantitative estimate of drug-likeness (QED) is 0.0205. The number of phosphoric acid groups is 1. The van der Waals surface area contributed by atoms with E-state index in [0.29, 0.717) is 30.3 Å². The number of esters is 2. The van der Waals surface area contributed by atoms with Crippen LogP contribution in [0.15, 0.2) is 146 Å². The molecule has 2 N–H and O–H groups in total. The molecule has 0 saturated carbocycles. The van der Waals surface area contributed by atoms with Crippen LogP contribution in [-0.2, 0) is 32.7 Å². The summed E-state index contributed by atoms with van der Waals surface area (Å²) < 4.78 is 34.1. The van der Waals surface area contributed by atoms with Crippen LogP contribution < -0.4 is 0 Å². The molecule has 0 fully saturated rings. The van der Waals surface area contributed by atoms with Crippen LogP contribution in [0.3, 0.4) is 0 Å². The number of allylic oxidation sites excluding steroid dienone is 22. The molecule has 0 aromatic carbocycles. The van der Waals surface area contributed by atoms with Gasteiger partial charge >= 0.3 is 19.8 Å². The monoisotopic (exact) mass is 895 g/mol. The average Bonchev–Trinajstić information content (AvgIpc) is 3.23. The summed E-state index contributed by atoms with van der Waals surface area (Å²) in [7, 11) is 1.31. The number of nitrogens with zero attached hydrogens (tertiary/aromatic N) is 1. The van der Waals surface area contributed by atoms with Crippen LogP contribution in [0.4, 0.5) is 0 Å². The highest BCUT2D eigenvalue weighted by atomic mass is 31.2. The second-order valence-electron chi connectivity index (χ2n) is 15.5. The van der Waals surface area contributed by atoms with Gasteiger partial charge in [-0.2, -0.15) is 0 Å². The Balaban J connectivity index is 4.71. The summed E-state index contributed by atoms with van der Waals surface area (Å²) in [5.41, 5.74) is 0. The van der Waals surface area contributed by atoms with E-state index in [4.69, 9.17) is 18.5 Å². The molecule has 3 atom stereocenters. The predicted octanol–water partition coefficient (Wildman–Crippen LogP) is 12.2. The first-order chi connectivity index (χ1) is 30.4. The fourth-order valence-corrected chi connectivity index (χ4v) is 5.71. The van der Waals surface area contributed by atoms with Crippen molar-refractivity contribution in [3.63, 3.8) is 0 Å². The van der Waals surface area contributed by atoms with Crippen molar-refractivity contribution in [2.24, 2.45) is 0 Å². The largest absolute Gasteiger partial charge is 0.472 e. The minimum absolute atomic E-state index is 0.0191. The topological polar surface area (TPSA) is 129 Å². The number of carbonyl (C=O) groups excluding carboxylic acids is 2. The molecule has 0 aromatic heterocycles. The maximum Gasteiger partial charge on any atom is 0.472 e. The van der Waals surface area contributed by atoms with E-state index < -0.39 is 38.6 Å². The summed E-state index contributed by atoms with van der Waals surface area (Å²) >= 11 is 0. The van der Waals surface area contributed by atoms with Gasteiger partial charge in [0.15, 0.2) is 6.10 Å². The fraction of sp³-hybridized carbons (Fsp3) is 0.500. The lowest BCUT2D eigenvalue weighted by atomic mass is 10.2. The van der Waals surface area contributed by atoms with Gasteiger partial charge in [0.1, 0.15) is 19.8 Å². The molecule has 0 aliphatic rings. The van der Waals surface area contributed by atoms with Crippen LogP contribution in [0.5, 0.6) is 0 Å². The Labute approximate surface area is 381 Å². The van der Waals surface area contributed by atoms with Gasteiger partial charge in [0.2, 0.25) is 0 Å². The van der Waals surface area contributed by atoms with E-state index in [-0.39, 0.29) is 26.1 Å². The number of hydrogen-bond acceptors (Lipinski definition) is 8. The normalized spacial score (nSPS) is 15.3. The van der Waals surface area contributed by atoms with Gasteiger partial charge in [0.05, 0.1) is 33.9 Å². The van der Waals surface area contributed by atoms with Crippen molar-refractivity contribution in [3.8, 4) is 0 Å².